The first kappa shape index (κ1) is 22.8. The molecule has 4 N–H and O–H groups in total. The molecule has 1 unspecified atom stereocenters. The number of benzene rings is 1. The minimum Gasteiger partial charge on any atom is -0.504 e. The number of ether oxygens (including phenoxy) is 3. The van der Waals surface area contributed by atoms with Crippen LogP contribution in [0, 0.1) is 0 Å². The molecule has 0 aromatic heterocycles. The Balaban J connectivity index is 1.77. The molecule has 8 nitrogen and oxygen atoms in total. The summed E-state index contributed by atoms with van der Waals surface area (Å²) in [7, 11) is 0. The Morgan fingerprint density at radius 3 is 2.28 bits per heavy atom. The average Bonchev–Trinajstić information content (AvgIpc) is 2.93. The Kier molecular flexibility index (Phi) is 8.57. The zero-order valence-electron chi connectivity index (χ0n) is 17.0. The molecular formula is C21H31NO7. The second kappa shape index (κ2) is 10.9. The van der Waals surface area contributed by atoms with E-state index in [0.717, 1.165) is 38.5 Å². The van der Waals surface area contributed by atoms with Crippen molar-refractivity contribution in [2.75, 3.05) is 0 Å². The Morgan fingerprint density at radius 2 is 1.66 bits per heavy atom. The zero-order chi connectivity index (χ0) is 21.4. The topological polar surface area (TPSA) is 128 Å². The molecule has 0 heterocycles. The molecule has 0 saturated heterocycles. The molecule has 2 rings (SSSR count). The Hall–Kier alpha value is -2.48. The first-order valence-corrected chi connectivity index (χ1v) is 10.1. The van der Waals surface area contributed by atoms with E-state index in [9.17, 15) is 19.8 Å². The third kappa shape index (κ3) is 7.45. The highest BCUT2D eigenvalue weighted by Gasteiger charge is 2.26. The molecule has 0 radical (unpaired) electrons. The molecular weight excluding hydrogens is 378 g/mol. The van der Waals surface area contributed by atoms with Gasteiger partial charge in [0.05, 0.1) is 0 Å². The van der Waals surface area contributed by atoms with Gasteiger partial charge in [-0.2, -0.15) is 0 Å². The number of esters is 1. The van der Waals surface area contributed by atoms with Crippen LogP contribution in [-0.2, 0) is 25.4 Å². The highest BCUT2D eigenvalue weighted by atomic mass is 16.7. The van der Waals surface area contributed by atoms with Gasteiger partial charge in [0.1, 0.15) is 24.4 Å². The molecule has 1 saturated carbocycles. The van der Waals surface area contributed by atoms with E-state index in [2.05, 4.69) is 0 Å². The predicted octanol–water partition coefficient (Wildman–Crippen LogP) is 3.16. The van der Waals surface area contributed by atoms with Crippen LogP contribution < -0.4 is 5.73 Å². The van der Waals surface area contributed by atoms with Gasteiger partial charge in [-0.25, -0.2) is 4.79 Å². The number of phenolic OH excluding ortho intramolecular Hbond substituents is 2. The van der Waals surface area contributed by atoms with E-state index in [1.807, 2.05) is 0 Å². The van der Waals surface area contributed by atoms with E-state index < -0.39 is 30.4 Å². The van der Waals surface area contributed by atoms with Crippen LogP contribution in [0.15, 0.2) is 18.2 Å². The third-order valence-corrected chi connectivity index (χ3v) is 5.11. The molecule has 1 aromatic rings. The van der Waals surface area contributed by atoms with Crippen molar-refractivity contribution in [1.82, 2.24) is 0 Å². The van der Waals surface area contributed by atoms with Gasteiger partial charge in [0.2, 0.25) is 0 Å². The van der Waals surface area contributed by atoms with Gasteiger partial charge in [-0.1, -0.05) is 18.9 Å². The number of carbonyl (C=O) groups excluding carboxylic acids is 2. The summed E-state index contributed by atoms with van der Waals surface area (Å²) in [6.07, 6.45) is 3.93. The van der Waals surface area contributed by atoms with Crippen LogP contribution in [0.4, 0.5) is 4.79 Å². The molecule has 3 atom stereocenters. The molecule has 0 bridgehead atoms. The summed E-state index contributed by atoms with van der Waals surface area (Å²) in [5, 5.41) is 18.9. The molecule has 29 heavy (non-hydrogen) atoms. The second-order valence-electron chi connectivity index (χ2n) is 7.58. The SMILES string of the molecule is CC(OC(=O)OC1CCCCCC1)[C@@H](C)OC(=O)[C@@H](N)Cc1ccc(O)c(O)c1. The fourth-order valence-corrected chi connectivity index (χ4v) is 3.17. The normalized spacial score (nSPS) is 18.2. The fourth-order valence-electron chi connectivity index (χ4n) is 3.17. The highest BCUT2D eigenvalue weighted by molar-refractivity contribution is 5.76. The van der Waals surface area contributed by atoms with Gasteiger partial charge >= 0.3 is 12.1 Å². The van der Waals surface area contributed by atoms with E-state index in [1.54, 1.807) is 19.9 Å². The summed E-state index contributed by atoms with van der Waals surface area (Å²) < 4.78 is 15.9. The lowest BCUT2D eigenvalue weighted by Gasteiger charge is -2.23. The maximum atomic E-state index is 12.2. The zero-order valence-corrected chi connectivity index (χ0v) is 17.0. The fraction of sp³-hybridized carbons (Fsp3) is 0.619. The van der Waals surface area contributed by atoms with Gasteiger partial charge in [0.25, 0.3) is 0 Å². The van der Waals surface area contributed by atoms with Crippen molar-refractivity contribution < 1.29 is 34.0 Å². The molecule has 1 aliphatic rings. The summed E-state index contributed by atoms with van der Waals surface area (Å²) in [4.78, 5) is 24.2. The van der Waals surface area contributed by atoms with Crippen LogP contribution in [0.2, 0.25) is 0 Å². The van der Waals surface area contributed by atoms with Crippen LogP contribution in [0.25, 0.3) is 0 Å². The molecule has 1 aliphatic carbocycles. The molecule has 8 heteroatoms. The van der Waals surface area contributed by atoms with Crippen molar-refractivity contribution in [3.8, 4) is 11.5 Å². The molecule has 1 fully saturated rings. The van der Waals surface area contributed by atoms with E-state index in [1.165, 1.54) is 12.1 Å². The largest absolute Gasteiger partial charge is 0.508 e. The Bertz CT molecular complexity index is 686. The van der Waals surface area contributed by atoms with Gasteiger partial charge in [-0.3, -0.25) is 4.79 Å². The van der Waals surface area contributed by atoms with Crippen molar-refractivity contribution in [1.29, 1.82) is 0 Å². The first-order valence-electron chi connectivity index (χ1n) is 10.1. The number of hydrogen-bond donors (Lipinski definition) is 3. The lowest BCUT2D eigenvalue weighted by atomic mass is 10.1. The van der Waals surface area contributed by atoms with Crippen molar-refractivity contribution in [3.05, 3.63) is 23.8 Å². The van der Waals surface area contributed by atoms with E-state index >= 15 is 0 Å². The Morgan fingerprint density at radius 1 is 1.03 bits per heavy atom. The summed E-state index contributed by atoms with van der Waals surface area (Å²) in [5.74, 6) is -1.19. The lowest BCUT2D eigenvalue weighted by molar-refractivity contribution is -0.155. The quantitative estimate of drug-likeness (QED) is 0.356. The van der Waals surface area contributed by atoms with Gasteiger partial charge in [-0.05, 0) is 63.6 Å². The summed E-state index contributed by atoms with van der Waals surface area (Å²) in [6, 6.07) is 3.25. The van der Waals surface area contributed by atoms with Gasteiger partial charge in [0.15, 0.2) is 11.5 Å². The average molecular weight is 409 g/mol. The minimum absolute atomic E-state index is 0.120. The van der Waals surface area contributed by atoms with Crippen molar-refractivity contribution in [2.45, 2.75) is 83.1 Å². The van der Waals surface area contributed by atoms with Crippen LogP contribution in [0.5, 0.6) is 11.5 Å². The van der Waals surface area contributed by atoms with Crippen molar-refractivity contribution >= 4 is 12.1 Å². The van der Waals surface area contributed by atoms with Crippen molar-refractivity contribution in [3.63, 3.8) is 0 Å². The number of nitrogens with two attached hydrogens (primary N) is 1. The van der Waals surface area contributed by atoms with Crippen LogP contribution >= 0.6 is 0 Å². The number of aromatic hydroxyl groups is 2. The maximum Gasteiger partial charge on any atom is 0.508 e. The number of rotatable bonds is 7. The third-order valence-electron chi connectivity index (χ3n) is 5.11. The molecule has 0 aliphatic heterocycles. The maximum absolute atomic E-state index is 12.2. The first-order chi connectivity index (χ1) is 13.8. The summed E-state index contributed by atoms with van der Waals surface area (Å²) >= 11 is 0. The smallest absolute Gasteiger partial charge is 0.504 e. The van der Waals surface area contributed by atoms with Crippen LogP contribution in [-0.4, -0.2) is 46.7 Å². The molecule has 162 valence electrons. The number of carbonyl (C=O) groups is 2. The summed E-state index contributed by atoms with van der Waals surface area (Å²) in [6.45, 7) is 3.23. The highest BCUT2D eigenvalue weighted by Crippen LogP contribution is 2.25. The molecule has 1 aromatic carbocycles. The number of hydrogen-bond acceptors (Lipinski definition) is 8. The predicted molar refractivity (Wildman–Crippen MR) is 106 cm³/mol. The number of phenols is 2. The van der Waals surface area contributed by atoms with Gasteiger partial charge < -0.3 is 30.2 Å². The molecule has 0 spiro atoms. The second-order valence-corrected chi connectivity index (χ2v) is 7.58. The van der Waals surface area contributed by atoms with E-state index in [4.69, 9.17) is 19.9 Å². The Labute approximate surface area is 170 Å². The van der Waals surface area contributed by atoms with Crippen LogP contribution in [0.3, 0.4) is 0 Å². The van der Waals surface area contributed by atoms with Crippen molar-refractivity contribution in [2.24, 2.45) is 5.73 Å². The monoisotopic (exact) mass is 409 g/mol. The summed E-state index contributed by atoms with van der Waals surface area (Å²) in [5.41, 5.74) is 6.45. The van der Waals surface area contributed by atoms with Crippen LogP contribution in [0.1, 0.15) is 57.9 Å². The standard InChI is InChI=1S/C21H31NO7/c1-13(14(2)28-21(26)29-16-7-5-3-4-6-8-16)27-20(25)17(22)11-15-9-10-18(23)19(24)12-15/h9-10,12-14,16-17,23-24H,3-8,11,22H2,1-2H3/t13-,14?,17+/m1/s1. The van der Waals surface area contributed by atoms with E-state index in [-0.39, 0.29) is 24.0 Å². The van der Waals surface area contributed by atoms with E-state index in [0.29, 0.717) is 5.56 Å². The van der Waals surface area contributed by atoms with Gasteiger partial charge in [-0.15, -0.1) is 0 Å². The van der Waals surface area contributed by atoms with Gasteiger partial charge in [0, 0.05) is 0 Å². The minimum atomic E-state index is -0.966. The molecule has 0 amide bonds. The lowest BCUT2D eigenvalue weighted by Crippen LogP contribution is -2.39.